The van der Waals surface area contributed by atoms with Crippen LogP contribution in [0.4, 0.5) is 11.4 Å². The van der Waals surface area contributed by atoms with Gasteiger partial charge in [-0.2, -0.15) is 0 Å². The summed E-state index contributed by atoms with van der Waals surface area (Å²) in [4.78, 5) is 12.5. The Morgan fingerprint density at radius 1 is 1.26 bits per heavy atom. The molecule has 2 aromatic rings. The van der Waals surface area contributed by atoms with Gasteiger partial charge in [0.25, 0.3) is 5.69 Å². The van der Waals surface area contributed by atoms with Crippen molar-refractivity contribution in [2.45, 2.75) is 25.0 Å². The summed E-state index contributed by atoms with van der Waals surface area (Å²) in [7, 11) is 0. The molecule has 1 atom stereocenters. The molecule has 27 heavy (non-hydrogen) atoms. The number of aliphatic hydroxyl groups is 1. The highest BCUT2D eigenvalue weighted by Gasteiger charge is 2.58. The molecule has 2 aliphatic heterocycles. The number of nitrogens with zero attached hydrogens (tertiary/aromatic N) is 2. The summed E-state index contributed by atoms with van der Waals surface area (Å²) in [6.45, 7) is 4.36. The summed E-state index contributed by atoms with van der Waals surface area (Å²) in [6, 6.07) is 10.4. The minimum Gasteiger partial charge on any atom is -0.504 e. The van der Waals surface area contributed by atoms with Gasteiger partial charge in [0.1, 0.15) is 0 Å². The molecule has 0 bridgehead atoms. The number of rotatable bonds is 3. The van der Waals surface area contributed by atoms with Gasteiger partial charge >= 0.3 is 0 Å². The quantitative estimate of drug-likeness (QED) is 0.638. The number of para-hydroxylation sites is 1. The van der Waals surface area contributed by atoms with E-state index in [1.807, 2.05) is 49.1 Å². The van der Waals surface area contributed by atoms with Crippen LogP contribution in [0.2, 0.25) is 0 Å². The van der Waals surface area contributed by atoms with Crippen LogP contribution in [-0.4, -0.2) is 34.0 Å². The van der Waals surface area contributed by atoms with Crippen molar-refractivity contribution in [3.05, 3.63) is 63.7 Å². The van der Waals surface area contributed by atoms with Crippen molar-refractivity contribution >= 4 is 17.5 Å². The lowest BCUT2D eigenvalue weighted by Gasteiger charge is -2.47. The van der Waals surface area contributed by atoms with Gasteiger partial charge < -0.3 is 19.8 Å². The fraction of sp³-hybridized carbons (Fsp3) is 0.300. The molecule has 2 heterocycles. The van der Waals surface area contributed by atoms with Crippen LogP contribution in [0.15, 0.2) is 42.5 Å². The van der Waals surface area contributed by atoms with Crippen LogP contribution in [0.5, 0.6) is 11.5 Å². The number of aromatic hydroxyl groups is 1. The number of ether oxygens (including phenoxy) is 1. The first-order valence-electron chi connectivity index (χ1n) is 8.69. The van der Waals surface area contributed by atoms with Crippen molar-refractivity contribution in [1.29, 1.82) is 0 Å². The number of fused-ring (bicyclic) bond motifs is 2. The number of aliphatic hydroxyl groups excluding tert-OH is 1. The Morgan fingerprint density at radius 3 is 2.70 bits per heavy atom. The van der Waals surface area contributed by atoms with Crippen LogP contribution in [0.25, 0.3) is 6.08 Å². The Hall–Kier alpha value is -3.06. The number of nitro benzene ring substituents is 1. The first kappa shape index (κ1) is 17.4. The zero-order chi connectivity index (χ0) is 19.4. The van der Waals surface area contributed by atoms with Crippen molar-refractivity contribution in [1.82, 2.24) is 0 Å². The molecule has 0 aliphatic carbocycles. The second kappa shape index (κ2) is 5.72. The molecule has 2 aliphatic rings. The van der Waals surface area contributed by atoms with E-state index in [1.54, 1.807) is 6.08 Å². The highest BCUT2D eigenvalue weighted by atomic mass is 16.6. The molecular formula is C20H20N2O5. The summed E-state index contributed by atoms with van der Waals surface area (Å²) in [5.41, 5.74) is 0.792. The number of hydrogen-bond donors (Lipinski definition) is 2. The van der Waals surface area contributed by atoms with E-state index >= 15 is 0 Å². The molecule has 7 heteroatoms. The van der Waals surface area contributed by atoms with Gasteiger partial charge in [0.2, 0.25) is 5.72 Å². The van der Waals surface area contributed by atoms with E-state index in [4.69, 9.17) is 4.74 Å². The largest absolute Gasteiger partial charge is 0.504 e. The van der Waals surface area contributed by atoms with Crippen LogP contribution in [0.1, 0.15) is 25.0 Å². The summed E-state index contributed by atoms with van der Waals surface area (Å²) >= 11 is 0. The van der Waals surface area contributed by atoms with Crippen molar-refractivity contribution in [2.24, 2.45) is 0 Å². The number of anilines is 1. The maximum atomic E-state index is 11.1. The number of nitro groups is 1. The third-order valence-corrected chi connectivity index (χ3v) is 5.53. The van der Waals surface area contributed by atoms with E-state index in [1.165, 1.54) is 6.07 Å². The Balaban J connectivity index is 1.89. The molecule has 0 saturated heterocycles. The molecule has 7 nitrogen and oxygen atoms in total. The average Bonchev–Trinajstić information content (AvgIpc) is 2.82. The molecule has 0 radical (unpaired) electrons. The zero-order valence-electron chi connectivity index (χ0n) is 15.0. The molecule has 2 N–H and O–H groups in total. The molecule has 0 aromatic heterocycles. The predicted octanol–water partition coefficient (Wildman–Crippen LogP) is 3.19. The Kier molecular flexibility index (Phi) is 3.68. The van der Waals surface area contributed by atoms with Gasteiger partial charge in [0.05, 0.1) is 23.0 Å². The molecule has 0 fully saturated rings. The van der Waals surface area contributed by atoms with Crippen LogP contribution in [0.3, 0.4) is 0 Å². The number of benzene rings is 2. The van der Waals surface area contributed by atoms with Crippen molar-refractivity contribution in [3.8, 4) is 11.5 Å². The Bertz CT molecular complexity index is 969. The van der Waals surface area contributed by atoms with Crippen LogP contribution in [0, 0.1) is 10.1 Å². The zero-order valence-corrected chi connectivity index (χ0v) is 15.0. The third-order valence-electron chi connectivity index (χ3n) is 5.53. The van der Waals surface area contributed by atoms with Gasteiger partial charge in [0.15, 0.2) is 11.5 Å². The van der Waals surface area contributed by atoms with Crippen LogP contribution < -0.4 is 9.64 Å². The number of phenolic OH excluding ortho intramolecular Hbond substituents is 1. The summed E-state index contributed by atoms with van der Waals surface area (Å²) in [6.07, 6.45) is 3.59. The monoisotopic (exact) mass is 368 g/mol. The van der Waals surface area contributed by atoms with Crippen molar-refractivity contribution in [2.75, 3.05) is 18.1 Å². The lowest BCUT2D eigenvalue weighted by atomic mass is 9.76. The van der Waals surface area contributed by atoms with E-state index < -0.39 is 16.1 Å². The third kappa shape index (κ3) is 2.24. The molecular weight excluding hydrogens is 348 g/mol. The molecule has 0 saturated carbocycles. The normalized spacial score (nSPS) is 21.7. The standard InChI is InChI=1S/C20H20N2O5/c1-19(2)15-5-3-4-6-16(15)21(9-10-23)20(19)8-7-13-11-14(22(25)26)12-17(24)18(13)27-20/h3-8,11-12,23-24H,9-10H2,1-2H3. The van der Waals surface area contributed by atoms with E-state index in [2.05, 4.69) is 0 Å². The molecule has 2 aromatic carbocycles. The Morgan fingerprint density at radius 2 is 2.00 bits per heavy atom. The average molecular weight is 368 g/mol. The van der Waals surface area contributed by atoms with Crippen LogP contribution in [-0.2, 0) is 5.41 Å². The van der Waals surface area contributed by atoms with Gasteiger partial charge in [-0.25, -0.2) is 0 Å². The summed E-state index contributed by atoms with van der Waals surface area (Å²) < 4.78 is 6.36. The number of hydrogen-bond acceptors (Lipinski definition) is 6. The first-order valence-corrected chi connectivity index (χ1v) is 8.69. The van der Waals surface area contributed by atoms with Crippen LogP contribution >= 0.6 is 0 Å². The maximum absolute atomic E-state index is 11.1. The van der Waals surface area contributed by atoms with Gasteiger partial charge in [-0.05, 0) is 37.6 Å². The molecule has 1 unspecified atom stereocenters. The van der Waals surface area contributed by atoms with E-state index in [0.29, 0.717) is 12.1 Å². The molecule has 4 rings (SSSR count). The first-order chi connectivity index (χ1) is 12.8. The van der Waals surface area contributed by atoms with E-state index in [-0.39, 0.29) is 23.8 Å². The second-order valence-electron chi connectivity index (χ2n) is 7.29. The molecule has 1 spiro atoms. The Labute approximate surface area is 156 Å². The highest BCUT2D eigenvalue weighted by molar-refractivity contribution is 5.75. The number of non-ortho nitro benzene ring substituents is 1. The fourth-order valence-corrected chi connectivity index (χ4v) is 4.17. The summed E-state index contributed by atoms with van der Waals surface area (Å²) in [5.74, 6) is -0.0782. The smallest absolute Gasteiger partial charge is 0.274 e. The minimum atomic E-state index is -0.972. The van der Waals surface area contributed by atoms with Crippen molar-refractivity contribution in [3.63, 3.8) is 0 Å². The summed E-state index contributed by atoms with van der Waals surface area (Å²) in [5, 5.41) is 31.1. The molecule has 0 amide bonds. The van der Waals surface area contributed by atoms with Gasteiger partial charge in [-0.3, -0.25) is 10.1 Å². The second-order valence-corrected chi connectivity index (χ2v) is 7.29. The lowest BCUT2D eigenvalue weighted by molar-refractivity contribution is -0.385. The lowest BCUT2D eigenvalue weighted by Crippen LogP contribution is -2.60. The van der Waals surface area contributed by atoms with E-state index in [9.17, 15) is 20.3 Å². The minimum absolute atomic E-state index is 0.0670. The highest BCUT2D eigenvalue weighted by Crippen LogP contribution is 2.56. The number of β-amino-alcohol motifs (C(OH)–C–C–N with tert-alkyl or cyclic N) is 1. The van der Waals surface area contributed by atoms with Crippen molar-refractivity contribution < 1.29 is 19.9 Å². The maximum Gasteiger partial charge on any atom is 0.274 e. The SMILES string of the molecule is CC1(C)c2ccccc2N(CCO)C12C=Cc1cc([N+](=O)[O-])cc(O)c1O2. The topological polar surface area (TPSA) is 96.1 Å². The van der Waals surface area contributed by atoms with Gasteiger partial charge in [0, 0.05) is 23.9 Å². The predicted molar refractivity (Wildman–Crippen MR) is 101 cm³/mol. The fourth-order valence-electron chi connectivity index (χ4n) is 4.17. The van der Waals surface area contributed by atoms with Gasteiger partial charge in [-0.15, -0.1) is 0 Å². The van der Waals surface area contributed by atoms with E-state index in [0.717, 1.165) is 17.3 Å². The number of phenols is 1. The van der Waals surface area contributed by atoms with Gasteiger partial charge in [-0.1, -0.05) is 18.2 Å². The molecule has 140 valence electrons.